The highest BCUT2D eigenvalue weighted by Crippen LogP contribution is 2.38. The van der Waals surface area contributed by atoms with Crippen LogP contribution in [0.1, 0.15) is 47.2 Å². The van der Waals surface area contributed by atoms with E-state index >= 15 is 0 Å². The second-order valence-corrected chi connectivity index (χ2v) is 9.16. The van der Waals surface area contributed by atoms with Crippen molar-refractivity contribution >= 4 is 5.91 Å². The molecule has 1 aromatic carbocycles. The van der Waals surface area contributed by atoms with E-state index in [9.17, 15) is 4.79 Å². The smallest absolute Gasteiger partial charge is 0.252 e. The van der Waals surface area contributed by atoms with Crippen LogP contribution in [-0.2, 0) is 17.7 Å². The number of ether oxygens (including phenoxy) is 2. The lowest BCUT2D eigenvalue weighted by atomic mass is 9.79. The van der Waals surface area contributed by atoms with Crippen molar-refractivity contribution < 1.29 is 14.3 Å². The van der Waals surface area contributed by atoms with Gasteiger partial charge in [-0.1, -0.05) is 12.1 Å². The molecule has 1 unspecified atom stereocenters. The number of aromatic nitrogens is 1. The van der Waals surface area contributed by atoms with Gasteiger partial charge in [-0.25, -0.2) is 0 Å². The van der Waals surface area contributed by atoms with Gasteiger partial charge in [-0.2, -0.15) is 0 Å². The summed E-state index contributed by atoms with van der Waals surface area (Å²) in [6.07, 6.45) is 8.50. The van der Waals surface area contributed by atoms with Gasteiger partial charge < -0.3 is 14.8 Å². The molecule has 1 spiro atoms. The van der Waals surface area contributed by atoms with E-state index in [0.29, 0.717) is 18.0 Å². The maximum atomic E-state index is 12.3. The number of fused-ring (bicyclic) bond motifs is 1. The predicted octanol–water partition coefficient (Wildman–Crippen LogP) is 3.21. The zero-order valence-electron chi connectivity index (χ0n) is 18.0. The van der Waals surface area contributed by atoms with Gasteiger partial charge in [0.15, 0.2) is 0 Å². The minimum absolute atomic E-state index is 0.0236. The molecule has 3 aliphatic rings. The van der Waals surface area contributed by atoms with Gasteiger partial charge in [0.2, 0.25) is 0 Å². The Bertz CT molecular complexity index is 909. The van der Waals surface area contributed by atoms with Gasteiger partial charge in [0.05, 0.1) is 17.8 Å². The van der Waals surface area contributed by atoms with Crippen LogP contribution in [0.5, 0.6) is 5.75 Å². The summed E-state index contributed by atoms with van der Waals surface area (Å²) in [4.78, 5) is 18.9. The maximum absolute atomic E-state index is 12.3. The number of pyridine rings is 1. The second-order valence-electron chi connectivity index (χ2n) is 9.16. The van der Waals surface area contributed by atoms with E-state index in [0.717, 1.165) is 70.7 Å². The van der Waals surface area contributed by atoms with Crippen LogP contribution in [0, 0.1) is 5.92 Å². The number of nitrogens with zero attached hydrogens (tertiary/aromatic N) is 2. The molecule has 2 saturated heterocycles. The summed E-state index contributed by atoms with van der Waals surface area (Å²) in [6.45, 7) is 5.42. The molecule has 6 heteroatoms. The van der Waals surface area contributed by atoms with Crippen LogP contribution in [0.3, 0.4) is 0 Å². The molecule has 1 N–H and O–H groups in total. The van der Waals surface area contributed by atoms with Crippen molar-refractivity contribution in [3.63, 3.8) is 0 Å². The molecular weight excluding hydrogens is 390 g/mol. The molecule has 1 aromatic heterocycles. The fourth-order valence-electron chi connectivity index (χ4n) is 5.20. The summed E-state index contributed by atoms with van der Waals surface area (Å²) in [5.74, 6) is 1.49. The minimum Gasteiger partial charge on any atom is -0.493 e. The third-order valence-electron chi connectivity index (χ3n) is 7.00. The van der Waals surface area contributed by atoms with Gasteiger partial charge >= 0.3 is 0 Å². The third kappa shape index (κ3) is 4.75. The number of hydrogen-bond donors (Lipinski definition) is 1. The van der Waals surface area contributed by atoms with Gasteiger partial charge in [0, 0.05) is 51.6 Å². The number of likely N-dealkylation sites (tertiary alicyclic amines) is 1. The molecule has 0 bridgehead atoms. The van der Waals surface area contributed by atoms with Crippen LogP contribution in [0.15, 0.2) is 42.7 Å². The van der Waals surface area contributed by atoms with Crippen LogP contribution >= 0.6 is 0 Å². The first-order chi connectivity index (χ1) is 15.2. The predicted molar refractivity (Wildman–Crippen MR) is 118 cm³/mol. The highest BCUT2D eigenvalue weighted by Gasteiger charge is 2.40. The molecule has 5 rings (SSSR count). The number of carbonyl (C=O) groups excluding carboxylic acids is 1. The fraction of sp³-hybridized carbons (Fsp3) is 0.520. The molecule has 2 aromatic rings. The van der Waals surface area contributed by atoms with Crippen molar-refractivity contribution in [1.82, 2.24) is 15.2 Å². The average molecular weight is 422 g/mol. The average Bonchev–Trinajstić information content (AvgIpc) is 3.28. The van der Waals surface area contributed by atoms with E-state index in [1.54, 1.807) is 24.5 Å². The van der Waals surface area contributed by atoms with Gasteiger partial charge in [-0.05, 0) is 60.9 Å². The lowest BCUT2D eigenvalue weighted by molar-refractivity contribution is -0.127. The van der Waals surface area contributed by atoms with E-state index < -0.39 is 0 Å². The van der Waals surface area contributed by atoms with Crippen molar-refractivity contribution in [2.75, 3.05) is 32.8 Å². The highest BCUT2D eigenvalue weighted by molar-refractivity contribution is 5.93. The van der Waals surface area contributed by atoms with Crippen LogP contribution < -0.4 is 10.1 Å². The van der Waals surface area contributed by atoms with Gasteiger partial charge in [0.1, 0.15) is 5.75 Å². The Hall–Kier alpha value is -2.44. The Morgan fingerprint density at radius 1 is 1.23 bits per heavy atom. The Balaban J connectivity index is 1.11. The molecule has 1 amide bonds. The van der Waals surface area contributed by atoms with E-state index in [1.165, 1.54) is 11.1 Å². The summed E-state index contributed by atoms with van der Waals surface area (Å²) < 4.78 is 12.0. The minimum atomic E-state index is -0.0387. The molecular formula is C25H31N3O3. The first-order valence-corrected chi connectivity index (χ1v) is 11.5. The number of nitrogens with one attached hydrogen (secondary N) is 1. The summed E-state index contributed by atoms with van der Waals surface area (Å²) in [5, 5.41) is 3.10. The van der Waals surface area contributed by atoms with Crippen molar-refractivity contribution in [3.8, 4) is 5.75 Å². The molecule has 164 valence electrons. The van der Waals surface area contributed by atoms with E-state index in [1.807, 2.05) is 0 Å². The molecule has 0 aliphatic carbocycles. The summed E-state index contributed by atoms with van der Waals surface area (Å²) in [5.41, 5.74) is 3.32. The third-order valence-corrected chi connectivity index (χ3v) is 7.00. The quantitative estimate of drug-likeness (QED) is 0.803. The standard InChI is InChI=1S/C25H31N3O3/c29-24(22-2-1-9-26-17-22)27-16-20-5-13-31-25(15-20)7-10-28(11-8-25)18-19-3-4-23-21(14-19)6-12-30-23/h1-4,9,14,17,20H,5-8,10-13,15-16,18H2,(H,27,29). The Kier molecular flexibility index (Phi) is 5.92. The summed E-state index contributed by atoms with van der Waals surface area (Å²) in [6, 6.07) is 10.2. The number of hydrogen-bond acceptors (Lipinski definition) is 5. The first-order valence-electron chi connectivity index (χ1n) is 11.5. The van der Waals surface area contributed by atoms with Crippen molar-refractivity contribution in [2.45, 2.75) is 44.2 Å². The molecule has 0 saturated carbocycles. The van der Waals surface area contributed by atoms with Crippen molar-refractivity contribution in [2.24, 2.45) is 5.92 Å². The van der Waals surface area contributed by atoms with Crippen LogP contribution in [0.4, 0.5) is 0 Å². The molecule has 2 fully saturated rings. The van der Waals surface area contributed by atoms with Crippen molar-refractivity contribution in [3.05, 3.63) is 59.4 Å². The van der Waals surface area contributed by atoms with Crippen LogP contribution in [-0.4, -0.2) is 54.2 Å². The van der Waals surface area contributed by atoms with Crippen molar-refractivity contribution in [1.29, 1.82) is 0 Å². The number of benzene rings is 1. The molecule has 1 atom stereocenters. The topological polar surface area (TPSA) is 63.7 Å². The Morgan fingerprint density at radius 2 is 2.13 bits per heavy atom. The Labute approximate surface area is 183 Å². The largest absolute Gasteiger partial charge is 0.493 e. The number of rotatable bonds is 5. The van der Waals surface area contributed by atoms with Crippen LogP contribution in [0.2, 0.25) is 0 Å². The zero-order chi connectivity index (χ0) is 21.1. The number of amides is 1. The summed E-state index contributed by atoms with van der Waals surface area (Å²) >= 11 is 0. The van der Waals surface area contributed by atoms with E-state index in [-0.39, 0.29) is 11.5 Å². The summed E-state index contributed by atoms with van der Waals surface area (Å²) in [7, 11) is 0. The molecule has 31 heavy (non-hydrogen) atoms. The fourth-order valence-corrected chi connectivity index (χ4v) is 5.20. The lowest BCUT2D eigenvalue weighted by Crippen LogP contribution is -2.50. The molecule has 6 nitrogen and oxygen atoms in total. The first kappa shape index (κ1) is 20.5. The monoisotopic (exact) mass is 421 g/mol. The molecule has 4 heterocycles. The molecule has 3 aliphatic heterocycles. The Morgan fingerprint density at radius 3 is 2.97 bits per heavy atom. The lowest BCUT2D eigenvalue weighted by Gasteiger charge is -2.46. The van der Waals surface area contributed by atoms with Crippen LogP contribution in [0.25, 0.3) is 0 Å². The van der Waals surface area contributed by atoms with E-state index in [4.69, 9.17) is 9.47 Å². The highest BCUT2D eigenvalue weighted by atomic mass is 16.5. The maximum Gasteiger partial charge on any atom is 0.252 e. The second kappa shape index (κ2) is 8.97. The molecule has 0 radical (unpaired) electrons. The number of carbonyl (C=O) groups is 1. The normalized spacial score (nSPS) is 22.6. The van der Waals surface area contributed by atoms with E-state index in [2.05, 4.69) is 33.4 Å². The van der Waals surface area contributed by atoms with Gasteiger partial charge in [-0.15, -0.1) is 0 Å². The van der Waals surface area contributed by atoms with Gasteiger partial charge in [0.25, 0.3) is 5.91 Å². The van der Waals surface area contributed by atoms with Gasteiger partial charge in [-0.3, -0.25) is 14.7 Å². The zero-order valence-corrected chi connectivity index (χ0v) is 18.0. The SMILES string of the molecule is O=C(NCC1CCOC2(CCN(Cc3ccc4c(c3)CCO4)CC2)C1)c1cccnc1. The number of piperidine rings is 1.